The average molecular weight is 312 g/mol. The Kier molecular flexibility index (Phi) is 4.62. The third-order valence-corrected chi connectivity index (χ3v) is 5.27. The van der Waals surface area contributed by atoms with Crippen molar-refractivity contribution in [3.05, 3.63) is 0 Å². The van der Waals surface area contributed by atoms with Gasteiger partial charge in [0.25, 0.3) is 0 Å². The zero-order valence-electron chi connectivity index (χ0n) is 12.4. The first-order valence-corrected chi connectivity index (χ1v) is 9.10. The second kappa shape index (κ2) is 6.02. The van der Waals surface area contributed by atoms with E-state index in [0.29, 0.717) is 6.42 Å². The van der Waals surface area contributed by atoms with Crippen molar-refractivity contribution in [3.63, 3.8) is 0 Å². The number of phosphoric ester groups is 1. The van der Waals surface area contributed by atoms with Gasteiger partial charge in [-0.05, 0) is 0 Å². The van der Waals surface area contributed by atoms with Crippen LogP contribution in [0.3, 0.4) is 0 Å². The molecular weight excluding hydrogens is 292 g/mol. The van der Waals surface area contributed by atoms with E-state index in [1.54, 1.807) is 0 Å². The zero-order chi connectivity index (χ0) is 15.1. The standard InChI is InChI=1S/C11H20B3O6P/c1-2-8-9(5-10(12)18-8)20-21(15,16)17-6-7-3-4-11(19-7)13-14-11/h7-10H,2-6,12H2,1H3,(H,15,16)/t7-,8+,9+,10+/m0/s1. The van der Waals surface area contributed by atoms with Gasteiger partial charge in [0, 0.05) is 0 Å². The van der Waals surface area contributed by atoms with E-state index in [9.17, 15) is 9.46 Å². The van der Waals surface area contributed by atoms with Gasteiger partial charge in [-0.15, -0.1) is 0 Å². The van der Waals surface area contributed by atoms with Crippen molar-refractivity contribution < 1.29 is 28.0 Å². The molecule has 5 atom stereocenters. The van der Waals surface area contributed by atoms with Crippen LogP contribution in [0, 0.1) is 0 Å². The van der Waals surface area contributed by atoms with E-state index in [1.165, 1.54) is 0 Å². The molecule has 6 nitrogen and oxygen atoms in total. The van der Waals surface area contributed by atoms with Crippen LogP contribution in [0.2, 0.25) is 0 Å². The molecule has 0 aliphatic carbocycles. The van der Waals surface area contributed by atoms with Crippen LogP contribution in [0.25, 0.3) is 0 Å². The van der Waals surface area contributed by atoms with Crippen molar-refractivity contribution in [2.75, 3.05) is 6.61 Å². The van der Waals surface area contributed by atoms with Crippen LogP contribution in [-0.2, 0) is 23.1 Å². The molecule has 21 heavy (non-hydrogen) atoms. The molecule has 1 N–H and O–H groups in total. The zero-order valence-corrected chi connectivity index (χ0v) is 13.3. The summed E-state index contributed by atoms with van der Waals surface area (Å²) in [4.78, 5) is 9.86. The van der Waals surface area contributed by atoms with E-state index in [2.05, 4.69) is 0 Å². The van der Waals surface area contributed by atoms with Gasteiger partial charge >= 0.3 is 126 Å². The molecule has 0 aromatic heterocycles. The van der Waals surface area contributed by atoms with Crippen LogP contribution in [-0.4, -0.2) is 62.7 Å². The van der Waals surface area contributed by atoms with Gasteiger partial charge in [-0.25, -0.2) is 0 Å². The molecule has 0 saturated carbocycles. The molecule has 1 spiro atoms. The predicted octanol–water partition coefficient (Wildman–Crippen LogP) is -0.184. The third kappa shape index (κ3) is 3.95. The maximum atomic E-state index is 12.1. The number of rotatable bonds is 6. The summed E-state index contributed by atoms with van der Waals surface area (Å²) in [7, 11) is -2.14. The monoisotopic (exact) mass is 312 g/mol. The molecule has 2 fully saturated rings. The topological polar surface area (TPSA) is 74.2 Å². The Hall–Kier alpha value is 0.225. The van der Waals surface area contributed by atoms with Crippen molar-refractivity contribution in [1.82, 2.24) is 0 Å². The average Bonchev–Trinajstić information content (AvgIpc) is 2.89. The van der Waals surface area contributed by atoms with Crippen LogP contribution < -0.4 is 0 Å². The molecule has 3 aliphatic heterocycles. The minimum absolute atomic E-state index is 0.0407. The Morgan fingerprint density at radius 3 is 2.90 bits per heavy atom. The fourth-order valence-electron chi connectivity index (χ4n) is 3.04. The molecule has 3 rings (SSSR count). The van der Waals surface area contributed by atoms with Gasteiger partial charge in [-0.3, -0.25) is 0 Å². The summed E-state index contributed by atoms with van der Waals surface area (Å²) >= 11 is 0. The molecule has 114 valence electrons. The summed E-state index contributed by atoms with van der Waals surface area (Å²) in [5.41, 5.74) is 0. The molecule has 3 heterocycles. The van der Waals surface area contributed by atoms with E-state index in [-0.39, 0.29) is 36.3 Å². The first kappa shape index (κ1) is 16.1. The van der Waals surface area contributed by atoms with E-state index in [0.717, 1.165) is 19.3 Å². The van der Waals surface area contributed by atoms with Crippen LogP contribution >= 0.6 is 7.82 Å². The molecule has 0 aromatic rings. The van der Waals surface area contributed by atoms with Gasteiger partial charge in [-0.1, -0.05) is 0 Å². The van der Waals surface area contributed by atoms with E-state index in [4.69, 9.17) is 18.5 Å². The molecule has 2 saturated heterocycles. The summed E-state index contributed by atoms with van der Waals surface area (Å²) in [6, 6.07) is 0.0407. The fraction of sp³-hybridized carbons (Fsp3) is 1.00. The summed E-state index contributed by atoms with van der Waals surface area (Å²) in [6.45, 7) is 6.06. The van der Waals surface area contributed by atoms with Crippen LogP contribution in [0.4, 0.5) is 0 Å². The van der Waals surface area contributed by atoms with Gasteiger partial charge in [0.05, 0.1) is 0 Å². The van der Waals surface area contributed by atoms with Crippen molar-refractivity contribution in [2.45, 2.75) is 62.3 Å². The number of phosphoric acid groups is 1. The first-order valence-electron chi connectivity index (χ1n) is 7.61. The van der Waals surface area contributed by atoms with Crippen molar-refractivity contribution in [2.24, 2.45) is 0 Å². The van der Waals surface area contributed by atoms with Crippen LogP contribution in [0.15, 0.2) is 0 Å². The number of hydrogen-bond acceptors (Lipinski definition) is 5. The Balaban J connectivity index is 1.46. The Morgan fingerprint density at radius 1 is 1.52 bits per heavy atom. The summed E-state index contributed by atoms with van der Waals surface area (Å²) in [6.07, 6.45) is 2.42. The van der Waals surface area contributed by atoms with Crippen molar-refractivity contribution >= 4 is 29.3 Å². The van der Waals surface area contributed by atoms with Gasteiger partial charge in [0.2, 0.25) is 0 Å². The predicted molar refractivity (Wildman–Crippen MR) is 81.1 cm³/mol. The van der Waals surface area contributed by atoms with Gasteiger partial charge < -0.3 is 0 Å². The Morgan fingerprint density at radius 2 is 2.29 bits per heavy atom. The van der Waals surface area contributed by atoms with Crippen molar-refractivity contribution in [3.8, 4) is 0 Å². The van der Waals surface area contributed by atoms with Crippen LogP contribution in [0.1, 0.15) is 32.6 Å². The third-order valence-electron chi connectivity index (χ3n) is 4.26. The molecule has 0 amide bonds. The fourth-order valence-corrected chi connectivity index (χ4v) is 4.02. The molecule has 1 unspecified atom stereocenters. The van der Waals surface area contributed by atoms with E-state index in [1.807, 2.05) is 28.4 Å². The van der Waals surface area contributed by atoms with Gasteiger partial charge in [0.15, 0.2) is 0 Å². The first-order chi connectivity index (χ1) is 9.91. The molecule has 0 radical (unpaired) electrons. The quantitative estimate of drug-likeness (QED) is 0.542. The normalized spacial score (nSPS) is 39.0. The summed E-state index contributed by atoms with van der Waals surface area (Å²) < 4.78 is 33.8. The van der Waals surface area contributed by atoms with E-state index >= 15 is 0 Å². The van der Waals surface area contributed by atoms with Gasteiger partial charge in [0.1, 0.15) is 0 Å². The minimum atomic E-state index is -4.07. The van der Waals surface area contributed by atoms with Crippen LogP contribution in [0.5, 0.6) is 0 Å². The number of hydrogen-bond donors (Lipinski definition) is 1. The Bertz CT molecular complexity index is 469. The molecule has 0 bridgehead atoms. The maximum absolute atomic E-state index is 12.1. The SMILES string of the molecule is B[C@H]1C[C@@H](OP(=O)(O)OC[C@@H]2CCC3(B=B3)O2)[C@@H](CC)O1. The second-order valence-electron chi connectivity index (χ2n) is 6.10. The number of ether oxygens (including phenoxy) is 2. The summed E-state index contributed by atoms with van der Waals surface area (Å²) in [5.74, 6) is 0. The molecular formula is C11H20B3O6P. The summed E-state index contributed by atoms with van der Waals surface area (Å²) in [5, 5.41) is -0.184. The Labute approximate surface area is 127 Å². The van der Waals surface area contributed by atoms with E-state index < -0.39 is 7.82 Å². The second-order valence-corrected chi connectivity index (χ2v) is 7.51. The molecule has 3 aliphatic rings. The molecule has 0 aromatic carbocycles. The van der Waals surface area contributed by atoms with Gasteiger partial charge in [-0.2, -0.15) is 0 Å². The van der Waals surface area contributed by atoms with Crippen molar-refractivity contribution in [1.29, 1.82) is 0 Å². The molecule has 10 heteroatoms.